The van der Waals surface area contributed by atoms with Crippen molar-refractivity contribution >= 4 is 0 Å². The molecular formula is C14H18F4N2. The fourth-order valence-corrected chi connectivity index (χ4v) is 2.82. The minimum atomic E-state index is -4.68. The van der Waals surface area contributed by atoms with Crippen LogP contribution in [0.2, 0.25) is 0 Å². The topological polar surface area (TPSA) is 29.3 Å². The van der Waals surface area contributed by atoms with Gasteiger partial charge in [-0.3, -0.25) is 4.90 Å². The summed E-state index contributed by atoms with van der Waals surface area (Å²) in [7, 11) is 0. The predicted octanol–water partition coefficient (Wildman–Crippen LogP) is 3.33. The molecule has 1 aromatic carbocycles. The van der Waals surface area contributed by atoms with Gasteiger partial charge in [-0.15, -0.1) is 0 Å². The molecule has 0 radical (unpaired) electrons. The highest BCUT2D eigenvalue weighted by Crippen LogP contribution is 2.36. The van der Waals surface area contributed by atoms with Crippen LogP contribution in [0.1, 0.15) is 36.9 Å². The van der Waals surface area contributed by atoms with Gasteiger partial charge in [0.1, 0.15) is 5.82 Å². The Morgan fingerprint density at radius 3 is 2.65 bits per heavy atom. The number of hydrogen-bond donors (Lipinski definition) is 1. The summed E-state index contributed by atoms with van der Waals surface area (Å²) in [5, 5.41) is 0. The molecule has 6 heteroatoms. The molecule has 1 aromatic rings. The van der Waals surface area contributed by atoms with Crippen molar-refractivity contribution < 1.29 is 17.6 Å². The maximum Gasteiger partial charge on any atom is 0.419 e. The van der Waals surface area contributed by atoms with Crippen molar-refractivity contribution in [3.63, 3.8) is 0 Å². The minimum Gasteiger partial charge on any atom is -0.326 e. The Kier molecular flexibility index (Phi) is 4.34. The maximum absolute atomic E-state index is 13.3. The second-order valence-electron chi connectivity index (χ2n) is 5.17. The van der Waals surface area contributed by atoms with E-state index >= 15 is 0 Å². The van der Waals surface area contributed by atoms with E-state index in [1.165, 1.54) is 6.07 Å². The molecule has 0 amide bonds. The third kappa shape index (κ3) is 2.96. The quantitative estimate of drug-likeness (QED) is 0.865. The predicted molar refractivity (Wildman–Crippen MR) is 68.6 cm³/mol. The van der Waals surface area contributed by atoms with Crippen molar-refractivity contribution in [1.29, 1.82) is 0 Å². The SMILES string of the molecule is CCCN1CCC(N)C1c1ccc(F)c(C(F)(F)F)c1. The first kappa shape index (κ1) is 15.3. The lowest BCUT2D eigenvalue weighted by Crippen LogP contribution is -2.32. The highest BCUT2D eigenvalue weighted by atomic mass is 19.4. The number of halogens is 4. The molecule has 2 N–H and O–H groups in total. The van der Waals surface area contributed by atoms with Crippen LogP contribution in [0.4, 0.5) is 17.6 Å². The lowest BCUT2D eigenvalue weighted by atomic mass is 9.98. The van der Waals surface area contributed by atoms with Crippen molar-refractivity contribution in [2.75, 3.05) is 13.1 Å². The third-order valence-electron chi connectivity index (χ3n) is 3.70. The summed E-state index contributed by atoms with van der Waals surface area (Å²) in [5.41, 5.74) is 5.24. The Bertz CT molecular complexity index is 471. The van der Waals surface area contributed by atoms with Gasteiger partial charge in [-0.2, -0.15) is 13.2 Å². The van der Waals surface area contributed by atoms with E-state index in [4.69, 9.17) is 5.73 Å². The largest absolute Gasteiger partial charge is 0.419 e. The molecule has 2 unspecified atom stereocenters. The smallest absolute Gasteiger partial charge is 0.326 e. The van der Waals surface area contributed by atoms with Gasteiger partial charge in [0.05, 0.1) is 5.56 Å². The van der Waals surface area contributed by atoms with Crippen molar-refractivity contribution in [3.05, 3.63) is 35.1 Å². The molecule has 20 heavy (non-hydrogen) atoms. The molecule has 0 saturated carbocycles. The Hall–Kier alpha value is -1.14. The van der Waals surface area contributed by atoms with Gasteiger partial charge in [-0.1, -0.05) is 13.0 Å². The number of alkyl halides is 3. The molecule has 1 aliphatic rings. The maximum atomic E-state index is 13.3. The summed E-state index contributed by atoms with van der Waals surface area (Å²) in [6.45, 7) is 3.54. The lowest BCUT2D eigenvalue weighted by Gasteiger charge is -2.27. The van der Waals surface area contributed by atoms with E-state index in [1.807, 2.05) is 6.92 Å². The summed E-state index contributed by atoms with van der Waals surface area (Å²) in [6.07, 6.45) is -3.04. The molecule has 0 aliphatic carbocycles. The lowest BCUT2D eigenvalue weighted by molar-refractivity contribution is -0.140. The van der Waals surface area contributed by atoms with E-state index in [0.29, 0.717) is 5.56 Å². The summed E-state index contributed by atoms with van der Waals surface area (Å²) < 4.78 is 51.6. The number of likely N-dealkylation sites (tertiary alicyclic amines) is 1. The molecule has 1 heterocycles. The molecule has 2 atom stereocenters. The van der Waals surface area contributed by atoms with Crippen LogP contribution >= 0.6 is 0 Å². The van der Waals surface area contributed by atoms with Crippen LogP contribution in [0.15, 0.2) is 18.2 Å². The molecule has 0 aromatic heterocycles. The van der Waals surface area contributed by atoms with Gasteiger partial charge >= 0.3 is 6.18 Å². The van der Waals surface area contributed by atoms with Crippen LogP contribution < -0.4 is 5.73 Å². The summed E-state index contributed by atoms with van der Waals surface area (Å²) in [5.74, 6) is -1.24. The van der Waals surface area contributed by atoms with E-state index in [2.05, 4.69) is 4.90 Å². The normalized spacial score (nSPS) is 24.3. The average Bonchev–Trinajstić information content (AvgIpc) is 2.71. The standard InChI is InChI=1S/C14H18F4N2/c1-2-6-20-7-5-12(19)13(20)9-3-4-11(15)10(8-9)14(16,17)18/h3-4,8,12-13H,2,5-7,19H2,1H3. The summed E-state index contributed by atoms with van der Waals surface area (Å²) in [4.78, 5) is 2.07. The second-order valence-corrected chi connectivity index (χ2v) is 5.17. The highest BCUT2D eigenvalue weighted by molar-refractivity contribution is 5.31. The van der Waals surface area contributed by atoms with Crippen LogP contribution in [0.3, 0.4) is 0 Å². The molecule has 0 bridgehead atoms. The minimum absolute atomic E-state index is 0.215. The number of nitrogens with two attached hydrogens (primary N) is 1. The molecule has 1 saturated heterocycles. The van der Waals surface area contributed by atoms with E-state index < -0.39 is 17.6 Å². The Morgan fingerprint density at radius 1 is 1.35 bits per heavy atom. The van der Waals surface area contributed by atoms with Crippen LogP contribution in [-0.2, 0) is 6.18 Å². The average molecular weight is 290 g/mol. The molecule has 2 rings (SSSR count). The van der Waals surface area contributed by atoms with Crippen LogP contribution in [0, 0.1) is 5.82 Å². The molecule has 0 spiro atoms. The third-order valence-corrected chi connectivity index (χ3v) is 3.70. The molecular weight excluding hydrogens is 272 g/mol. The highest BCUT2D eigenvalue weighted by Gasteiger charge is 2.37. The second kappa shape index (κ2) is 5.69. The number of nitrogens with zero attached hydrogens (tertiary/aromatic N) is 1. The Balaban J connectivity index is 2.37. The summed E-state index contributed by atoms with van der Waals surface area (Å²) >= 11 is 0. The van der Waals surface area contributed by atoms with E-state index in [0.717, 1.165) is 38.1 Å². The van der Waals surface area contributed by atoms with Gasteiger partial charge in [0.2, 0.25) is 0 Å². The van der Waals surface area contributed by atoms with Gasteiger partial charge in [0.25, 0.3) is 0 Å². The molecule has 1 fully saturated rings. The van der Waals surface area contributed by atoms with Gasteiger partial charge in [0.15, 0.2) is 0 Å². The van der Waals surface area contributed by atoms with Crippen molar-refractivity contribution in [1.82, 2.24) is 4.90 Å². The van der Waals surface area contributed by atoms with E-state index in [-0.39, 0.29) is 12.1 Å². The summed E-state index contributed by atoms with van der Waals surface area (Å²) in [6, 6.07) is 2.70. The Morgan fingerprint density at radius 2 is 2.05 bits per heavy atom. The molecule has 2 nitrogen and oxygen atoms in total. The number of benzene rings is 1. The molecule has 1 aliphatic heterocycles. The first-order valence-electron chi connectivity index (χ1n) is 6.71. The number of rotatable bonds is 3. The zero-order valence-electron chi connectivity index (χ0n) is 11.3. The van der Waals surface area contributed by atoms with Gasteiger partial charge in [0, 0.05) is 18.6 Å². The van der Waals surface area contributed by atoms with Gasteiger partial charge < -0.3 is 5.73 Å². The zero-order valence-corrected chi connectivity index (χ0v) is 11.3. The first-order valence-corrected chi connectivity index (χ1v) is 6.71. The molecule has 112 valence electrons. The van der Waals surface area contributed by atoms with E-state index in [9.17, 15) is 17.6 Å². The van der Waals surface area contributed by atoms with Crippen LogP contribution in [0.5, 0.6) is 0 Å². The van der Waals surface area contributed by atoms with Gasteiger partial charge in [-0.05, 0) is 37.1 Å². The monoisotopic (exact) mass is 290 g/mol. The van der Waals surface area contributed by atoms with Crippen LogP contribution in [-0.4, -0.2) is 24.0 Å². The van der Waals surface area contributed by atoms with Gasteiger partial charge in [-0.25, -0.2) is 4.39 Å². The zero-order chi connectivity index (χ0) is 14.9. The Labute approximate surface area is 115 Å². The van der Waals surface area contributed by atoms with Crippen molar-refractivity contribution in [2.45, 2.75) is 38.0 Å². The first-order chi connectivity index (χ1) is 9.34. The van der Waals surface area contributed by atoms with Crippen LogP contribution in [0.25, 0.3) is 0 Å². The fourth-order valence-electron chi connectivity index (χ4n) is 2.82. The van der Waals surface area contributed by atoms with Crippen molar-refractivity contribution in [3.8, 4) is 0 Å². The fraction of sp³-hybridized carbons (Fsp3) is 0.571. The van der Waals surface area contributed by atoms with Crippen molar-refractivity contribution in [2.24, 2.45) is 5.73 Å². The van der Waals surface area contributed by atoms with E-state index in [1.54, 1.807) is 0 Å². The number of hydrogen-bond acceptors (Lipinski definition) is 2.